The molecule has 0 atom stereocenters. The van der Waals surface area contributed by atoms with Gasteiger partial charge >= 0.3 is 0 Å². The number of carbonyl (C=O) groups is 2. The maximum atomic E-state index is 12.5. The Hall–Kier alpha value is -2.71. The molecule has 2 aromatic rings. The molecule has 148 valence electrons. The van der Waals surface area contributed by atoms with Gasteiger partial charge in [0, 0.05) is 24.3 Å². The number of likely N-dealkylation sites (N-methyl/N-ethyl adjacent to an activating group) is 1. The molecule has 2 N–H and O–H groups in total. The third-order valence-corrected chi connectivity index (χ3v) is 5.91. The largest absolute Gasteiger partial charge is 0.332 e. The van der Waals surface area contributed by atoms with E-state index in [-0.39, 0.29) is 29.3 Å². The van der Waals surface area contributed by atoms with Gasteiger partial charge in [-0.15, -0.1) is 0 Å². The monoisotopic (exact) mass is 401 g/mol. The molecule has 1 aliphatic rings. The second kappa shape index (κ2) is 8.12. The summed E-state index contributed by atoms with van der Waals surface area (Å²) in [6, 6.07) is 13.1. The Balaban J connectivity index is 1.59. The van der Waals surface area contributed by atoms with Crippen molar-refractivity contribution >= 4 is 27.5 Å². The van der Waals surface area contributed by atoms with Crippen LogP contribution in [0, 0.1) is 6.92 Å². The third-order valence-electron chi connectivity index (χ3n) is 4.37. The molecular weight excluding hydrogens is 378 g/mol. The molecule has 28 heavy (non-hydrogen) atoms. The summed E-state index contributed by atoms with van der Waals surface area (Å²) in [4.78, 5) is 26.1. The van der Waals surface area contributed by atoms with E-state index in [4.69, 9.17) is 0 Å². The molecular formula is C20H23N3O4S. The Morgan fingerprint density at radius 3 is 2.21 bits per heavy atom. The zero-order valence-electron chi connectivity index (χ0n) is 15.8. The molecule has 0 radical (unpaired) electrons. The number of rotatable bonds is 7. The minimum atomic E-state index is -3.56. The van der Waals surface area contributed by atoms with Crippen molar-refractivity contribution in [2.24, 2.45) is 0 Å². The van der Waals surface area contributed by atoms with Crippen LogP contribution in [0.2, 0.25) is 0 Å². The predicted molar refractivity (Wildman–Crippen MR) is 107 cm³/mol. The van der Waals surface area contributed by atoms with E-state index in [1.54, 1.807) is 12.1 Å². The average molecular weight is 401 g/mol. The lowest BCUT2D eigenvalue weighted by molar-refractivity contribution is -0.116. The number of hydrogen-bond acceptors (Lipinski definition) is 4. The van der Waals surface area contributed by atoms with E-state index >= 15 is 0 Å². The Bertz CT molecular complexity index is 966. The van der Waals surface area contributed by atoms with Crippen LogP contribution in [0.3, 0.4) is 0 Å². The fourth-order valence-corrected chi connectivity index (χ4v) is 3.92. The molecule has 1 aliphatic carbocycles. The number of nitrogens with one attached hydrogen (secondary N) is 2. The lowest BCUT2D eigenvalue weighted by Gasteiger charge is -2.17. The number of carbonyl (C=O) groups excluding carboxylic acids is 2. The van der Waals surface area contributed by atoms with E-state index in [1.165, 1.54) is 36.2 Å². The highest BCUT2D eigenvalue weighted by atomic mass is 32.2. The zero-order valence-corrected chi connectivity index (χ0v) is 16.6. The summed E-state index contributed by atoms with van der Waals surface area (Å²) in [5.41, 5.74) is 2.06. The molecule has 1 fully saturated rings. The average Bonchev–Trinajstić information content (AvgIpc) is 3.46. The Morgan fingerprint density at radius 2 is 1.64 bits per heavy atom. The number of nitrogens with zero attached hydrogens (tertiary/aromatic N) is 1. The highest BCUT2D eigenvalue weighted by Gasteiger charge is 2.28. The van der Waals surface area contributed by atoms with Crippen molar-refractivity contribution in [1.82, 2.24) is 9.62 Å². The van der Waals surface area contributed by atoms with E-state index in [1.807, 2.05) is 19.1 Å². The van der Waals surface area contributed by atoms with Crippen LogP contribution in [0.25, 0.3) is 0 Å². The smallest absolute Gasteiger partial charge is 0.254 e. The van der Waals surface area contributed by atoms with Gasteiger partial charge in [0.15, 0.2) is 0 Å². The van der Waals surface area contributed by atoms with Crippen LogP contribution < -0.4 is 10.0 Å². The lowest BCUT2D eigenvalue weighted by atomic mass is 10.2. The van der Waals surface area contributed by atoms with E-state index in [0.29, 0.717) is 11.3 Å². The maximum Gasteiger partial charge on any atom is 0.254 e. The summed E-state index contributed by atoms with van der Waals surface area (Å²) in [6.45, 7) is 1.84. The minimum absolute atomic E-state index is 0.0180. The minimum Gasteiger partial charge on any atom is -0.332 e. The second-order valence-electron chi connectivity index (χ2n) is 7.00. The van der Waals surface area contributed by atoms with Crippen LogP contribution in [-0.4, -0.2) is 44.8 Å². The van der Waals surface area contributed by atoms with Crippen LogP contribution in [0.5, 0.6) is 0 Å². The summed E-state index contributed by atoms with van der Waals surface area (Å²) in [5, 5.41) is 2.74. The molecule has 7 nitrogen and oxygen atoms in total. The van der Waals surface area contributed by atoms with Crippen LogP contribution in [-0.2, 0) is 14.8 Å². The van der Waals surface area contributed by atoms with Gasteiger partial charge in [0.05, 0.1) is 11.4 Å². The Morgan fingerprint density at radius 1 is 1.04 bits per heavy atom. The number of anilines is 1. The first-order valence-corrected chi connectivity index (χ1v) is 10.5. The molecule has 8 heteroatoms. The molecule has 0 saturated heterocycles. The number of aryl methyl sites for hydroxylation is 1. The zero-order chi connectivity index (χ0) is 20.3. The van der Waals surface area contributed by atoms with E-state index < -0.39 is 10.0 Å². The summed E-state index contributed by atoms with van der Waals surface area (Å²) < 4.78 is 27.0. The van der Waals surface area contributed by atoms with E-state index in [9.17, 15) is 18.0 Å². The normalized spacial score (nSPS) is 13.8. The van der Waals surface area contributed by atoms with Crippen LogP contribution in [0.15, 0.2) is 53.4 Å². The standard InChI is InChI=1S/C20H23N3O4S/c1-14-3-7-16(8-4-14)21-19(24)13-23(2)20(25)15-5-11-18(12-6-15)28(26,27)22-17-9-10-17/h3-8,11-12,17,22H,9-10,13H2,1-2H3,(H,21,24). The number of sulfonamides is 1. The Kier molecular flexibility index (Phi) is 5.81. The Labute approximate surface area is 164 Å². The maximum absolute atomic E-state index is 12.5. The lowest BCUT2D eigenvalue weighted by Crippen LogP contribution is -2.35. The molecule has 2 amide bonds. The molecule has 0 bridgehead atoms. The molecule has 3 rings (SSSR count). The SMILES string of the molecule is Cc1ccc(NC(=O)CN(C)C(=O)c2ccc(S(=O)(=O)NC3CC3)cc2)cc1. The van der Waals surface area contributed by atoms with E-state index in [0.717, 1.165) is 18.4 Å². The molecule has 0 aliphatic heterocycles. The summed E-state index contributed by atoms with van der Waals surface area (Å²) in [5.74, 6) is -0.675. The first-order valence-electron chi connectivity index (χ1n) is 8.99. The third kappa shape index (κ3) is 5.17. The highest BCUT2D eigenvalue weighted by molar-refractivity contribution is 7.89. The highest BCUT2D eigenvalue weighted by Crippen LogP contribution is 2.22. The van der Waals surface area contributed by atoms with Crippen molar-refractivity contribution in [2.45, 2.75) is 30.7 Å². The second-order valence-corrected chi connectivity index (χ2v) is 8.71. The van der Waals surface area contributed by atoms with Gasteiger partial charge in [0.2, 0.25) is 15.9 Å². The van der Waals surface area contributed by atoms with Crippen molar-refractivity contribution in [1.29, 1.82) is 0 Å². The van der Waals surface area contributed by atoms with Gasteiger partial charge in [-0.1, -0.05) is 17.7 Å². The molecule has 0 unspecified atom stereocenters. The number of benzene rings is 2. The van der Waals surface area contributed by atoms with Crippen molar-refractivity contribution in [3.8, 4) is 0 Å². The van der Waals surface area contributed by atoms with Crippen LogP contribution in [0.4, 0.5) is 5.69 Å². The molecule has 1 saturated carbocycles. The van der Waals surface area contributed by atoms with Crippen molar-refractivity contribution < 1.29 is 18.0 Å². The number of hydrogen-bond donors (Lipinski definition) is 2. The predicted octanol–water partition coefficient (Wildman–Crippen LogP) is 2.15. The van der Waals surface area contributed by atoms with Crippen LogP contribution >= 0.6 is 0 Å². The molecule has 0 heterocycles. The summed E-state index contributed by atoms with van der Waals surface area (Å²) in [6.07, 6.45) is 1.70. The van der Waals surface area contributed by atoms with E-state index in [2.05, 4.69) is 10.0 Å². The summed E-state index contributed by atoms with van der Waals surface area (Å²) >= 11 is 0. The van der Waals surface area contributed by atoms with Gasteiger partial charge in [0.25, 0.3) is 5.91 Å². The molecule has 0 spiro atoms. The van der Waals surface area contributed by atoms with Gasteiger partial charge in [0.1, 0.15) is 0 Å². The number of amides is 2. The topological polar surface area (TPSA) is 95.6 Å². The van der Waals surface area contributed by atoms with Crippen molar-refractivity contribution in [2.75, 3.05) is 18.9 Å². The van der Waals surface area contributed by atoms with Gasteiger partial charge in [-0.25, -0.2) is 13.1 Å². The quantitative estimate of drug-likeness (QED) is 0.743. The first kappa shape index (κ1) is 20.0. The molecule has 2 aromatic carbocycles. The van der Waals surface area contributed by atoms with Crippen LogP contribution in [0.1, 0.15) is 28.8 Å². The van der Waals surface area contributed by atoms with Gasteiger partial charge in [-0.3, -0.25) is 9.59 Å². The molecule has 0 aromatic heterocycles. The van der Waals surface area contributed by atoms with Crippen molar-refractivity contribution in [3.05, 3.63) is 59.7 Å². The van der Waals surface area contributed by atoms with Crippen molar-refractivity contribution in [3.63, 3.8) is 0 Å². The summed E-state index contributed by atoms with van der Waals surface area (Å²) in [7, 11) is -2.03. The van der Waals surface area contributed by atoms with Gasteiger partial charge in [-0.2, -0.15) is 0 Å². The first-order chi connectivity index (χ1) is 13.2. The van der Waals surface area contributed by atoms with Gasteiger partial charge < -0.3 is 10.2 Å². The van der Waals surface area contributed by atoms with Gasteiger partial charge in [-0.05, 0) is 56.2 Å². The fourth-order valence-electron chi connectivity index (χ4n) is 2.61. The fraction of sp³-hybridized carbons (Fsp3) is 0.300.